The molecule has 0 saturated carbocycles. The van der Waals surface area contributed by atoms with E-state index >= 15 is 0 Å². The predicted molar refractivity (Wildman–Crippen MR) is 86.6 cm³/mol. The lowest BCUT2D eigenvalue weighted by atomic mass is 10.2. The van der Waals surface area contributed by atoms with Crippen LogP contribution in [-0.2, 0) is 13.0 Å². The lowest BCUT2D eigenvalue weighted by molar-refractivity contribution is 0.831. The lowest BCUT2D eigenvalue weighted by Gasteiger charge is -2.13. The average Bonchev–Trinajstić information content (AvgIpc) is 2.49. The Balaban J connectivity index is 2.17. The maximum absolute atomic E-state index is 4.62. The number of hydrogen-bond donors (Lipinski definition) is 2. The second kappa shape index (κ2) is 7.02. The van der Waals surface area contributed by atoms with Gasteiger partial charge in [-0.05, 0) is 31.9 Å². The molecule has 0 fully saturated rings. The zero-order chi connectivity index (χ0) is 15.2. The Bertz CT molecular complexity index is 592. The van der Waals surface area contributed by atoms with E-state index < -0.39 is 0 Å². The number of nitrogens with one attached hydrogen (secondary N) is 2. The lowest BCUT2D eigenvalue weighted by Crippen LogP contribution is -2.10. The van der Waals surface area contributed by atoms with E-state index in [1.54, 1.807) is 0 Å². The topological polar surface area (TPSA) is 62.7 Å². The summed E-state index contributed by atoms with van der Waals surface area (Å²) in [5.41, 5.74) is 3.21. The maximum atomic E-state index is 4.62. The molecular weight excluding hydrogens is 262 g/mol. The molecule has 2 rings (SSSR count). The summed E-state index contributed by atoms with van der Waals surface area (Å²) in [6, 6.07) is 4.10. The van der Waals surface area contributed by atoms with Gasteiger partial charge in [0.1, 0.15) is 17.5 Å². The minimum atomic E-state index is 0.708. The van der Waals surface area contributed by atoms with Gasteiger partial charge in [-0.3, -0.25) is 4.98 Å². The third kappa shape index (κ3) is 3.90. The van der Waals surface area contributed by atoms with Crippen molar-refractivity contribution in [2.75, 3.05) is 17.7 Å². The highest BCUT2D eigenvalue weighted by Gasteiger charge is 2.09. The van der Waals surface area contributed by atoms with Crippen LogP contribution in [0.1, 0.15) is 36.0 Å². The smallest absolute Gasteiger partial charge is 0.135 e. The summed E-state index contributed by atoms with van der Waals surface area (Å²) in [5, 5.41) is 6.53. The van der Waals surface area contributed by atoms with Gasteiger partial charge in [0.15, 0.2) is 0 Å². The standard InChI is InChI=1S/C16H23N5/c1-5-6-14-20-15(17-4)12(3)16(21-14)19-10-13-8-7-11(2)18-9-13/h7-9H,5-6,10H2,1-4H3,(H2,17,19,20,21). The Labute approximate surface area is 126 Å². The fraction of sp³-hybridized carbons (Fsp3) is 0.438. The van der Waals surface area contributed by atoms with Crippen molar-refractivity contribution in [3.63, 3.8) is 0 Å². The molecule has 0 aliphatic rings. The summed E-state index contributed by atoms with van der Waals surface area (Å²) >= 11 is 0. The second-order valence-electron chi connectivity index (χ2n) is 5.12. The first-order valence-corrected chi connectivity index (χ1v) is 7.34. The molecule has 0 amide bonds. The van der Waals surface area contributed by atoms with Crippen molar-refractivity contribution >= 4 is 11.6 Å². The van der Waals surface area contributed by atoms with Crippen LogP contribution in [0.5, 0.6) is 0 Å². The molecule has 0 aliphatic carbocycles. The Morgan fingerprint density at radius 3 is 2.48 bits per heavy atom. The van der Waals surface area contributed by atoms with Crippen LogP contribution in [-0.4, -0.2) is 22.0 Å². The third-order valence-corrected chi connectivity index (χ3v) is 3.34. The normalized spacial score (nSPS) is 10.5. The highest BCUT2D eigenvalue weighted by atomic mass is 15.1. The van der Waals surface area contributed by atoms with E-state index in [4.69, 9.17) is 0 Å². The van der Waals surface area contributed by atoms with Gasteiger partial charge in [-0.1, -0.05) is 13.0 Å². The van der Waals surface area contributed by atoms with Crippen LogP contribution in [0.25, 0.3) is 0 Å². The first-order valence-electron chi connectivity index (χ1n) is 7.34. The molecule has 0 aliphatic heterocycles. The summed E-state index contributed by atoms with van der Waals surface area (Å²) in [4.78, 5) is 13.5. The van der Waals surface area contributed by atoms with E-state index in [9.17, 15) is 0 Å². The summed E-state index contributed by atoms with van der Waals surface area (Å²) in [7, 11) is 1.89. The average molecular weight is 285 g/mol. The number of nitrogens with zero attached hydrogens (tertiary/aromatic N) is 3. The minimum Gasteiger partial charge on any atom is -0.373 e. The van der Waals surface area contributed by atoms with Crippen molar-refractivity contribution < 1.29 is 0 Å². The van der Waals surface area contributed by atoms with E-state index in [1.807, 2.05) is 33.2 Å². The molecule has 5 nitrogen and oxygen atoms in total. The van der Waals surface area contributed by atoms with E-state index in [0.717, 1.165) is 47.1 Å². The molecule has 2 aromatic rings. The van der Waals surface area contributed by atoms with Gasteiger partial charge in [-0.15, -0.1) is 0 Å². The molecule has 0 spiro atoms. The van der Waals surface area contributed by atoms with E-state index in [-0.39, 0.29) is 0 Å². The molecule has 0 bridgehead atoms. The van der Waals surface area contributed by atoms with Gasteiger partial charge in [0.2, 0.25) is 0 Å². The summed E-state index contributed by atoms with van der Waals surface area (Å²) in [5.74, 6) is 2.65. The zero-order valence-corrected chi connectivity index (χ0v) is 13.2. The molecule has 0 atom stereocenters. The van der Waals surface area contributed by atoms with Crippen molar-refractivity contribution in [1.82, 2.24) is 15.0 Å². The second-order valence-corrected chi connectivity index (χ2v) is 5.12. The Hall–Kier alpha value is -2.17. The maximum Gasteiger partial charge on any atom is 0.135 e. The molecule has 5 heteroatoms. The largest absolute Gasteiger partial charge is 0.373 e. The van der Waals surface area contributed by atoms with Crippen molar-refractivity contribution in [1.29, 1.82) is 0 Å². The number of aromatic nitrogens is 3. The molecule has 112 valence electrons. The summed E-state index contributed by atoms with van der Waals surface area (Å²) in [6.45, 7) is 6.85. The number of rotatable bonds is 6. The third-order valence-electron chi connectivity index (χ3n) is 3.34. The molecule has 2 N–H and O–H groups in total. The molecule has 21 heavy (non-hydrogen) atoms. The highest BCUT2D eigenvalue weighted by molar-refractivity contribution is 5.57. The summed E-state index contributed by atoms with van der Waals surface area (Å²) in [6.07, 6.45) is 3.81. The number of anilines is 2. The Morgan fingerprint density at radius 1 is 1.10 bits per heavy atom. The van der Waals surface area contributed by atoms with Crippen molar-refractivity contribution in [2.45, 2.75) is 40.2 Å². The Kier molecular flexibility index (Phi) is 5.09. The van der Waals surface area contributed by atoms with E-state index in [0.29, 0.717) is 6.54 Å². The van der Waals surface area contributed by atoms with Crippen LogP contribution in [0.3, 0.4) is 0 Å². The van der Waals surface area contributed by atoms with Crippen LogP contribution >= 0.6 is 0 Å². The van der Waals surface area contributed by atoms with Crippen LogP contribution in [0.15, 0.2) is 18.3 Å². The molecular formula is C16H23N5. The van der Waals surface area contributed by atoms with Crippen LogP contribution < -0.4 is 10.6 Å². The van der Waals surface area contributed by atoms with Gasteiger partial charge in [-0.25, -0.2) is 9.97 Å². The first-order chi connectivity index (χ1) is 10.1. The van der Waals surface area contributed by atoms with Crippen LogP contribution in [0, 0.1) is 13.8 Å². The quantitative estimate of drug-likeness (QED) is 0.854. The van der Waals surface area contributed by atoms with Gasteiger partial charge >= 0.3 is 0 Å². The molecule has 0 unspecified atom stereocenters. The minimum absolute atomic E-state index is 0.708. The fourth-order valence-corrected chi connectivity index (χ4v) is 2.10. The van der Waals surface area contributed by atoms with Crippen LogP contribution in [0.2, 0.25) is 0 Å². The molecule has 0 saturated heterocycles. The first kappa shape index (κ1) is 15.2. The van der Waals surface area contributed by atoms with Crippen molar-refractivity contribution in [2.24, 2.45) is 0 Å². The SMILES string of the molecule is CCCc1nc(NC)c(C)c(NCc2ccc(C)nc2)n1. The van der Waals surface area contributed by atoms with Gasteiger partial charge in [0, 0.05) is 37.5 Å². The molecule has 0 radical (unpaired) electrons. The van der Waals surface area contributed by atoms with Gasteiger partial charge in [-0.2, -0.15) is 0 Å². The predicted octanol–water partition coefficient (Wildman–Crippen LogP) is 3.09. The van der Waals surface area contributed by atoms with Gasteiger partial charge in [0.05, 0.1) is 0 Å². The number of pyridine rings is 1. The zero-order valence-electron chi connectivity index (χ0n) is 13.2. The number of aryl methyl sites for hydroxylation is 2. The van der Waals surface area contributed by atoms with Crippen molar-refractivity contribution in [3.05, 3.63) is 41.0 Å². The monoisotopic (exact) mass is 285 g/mol. The van der Waals surface area contributed by atoms with Crippen molar-refractivity contribution in [3.8, 4) is 0 Å². The number of hydrogen-bond acceptors (Lipinski definition) is 5. The summed E-state index contributed by atoms with van der Waals surface area (Å²) < 4.78 is 0. The molecule has 2 heterocycles. The fourth-order valence-electron chi connectivity index (χ4n) is 2.10. The van der Waals surface area contributed by atoms with Crippen LogP contribution in [0.4, 0.5) is 11.6 Å². The molecule has 0 aromatic carbocycles. The highest BCUT2D eigenvalue weighted by Crippen LogP contribution is 2.20. The van der Waals surface area contributed by atoms with E-state index in [1.165, 1.54) is 0 Å². The van der Waals surface area contributed by atoms with E-state index in [2.05, 4.69) is 38.6 Å². The van der Waals surface area contributed by atoms with Gasteiger partial charge in [0.25, 0.3) is 0 Å². The Morgan fingerprint density at radius 2 is 1.86 bits per heavy atom. The van der Waals surface area contributed by atoms with Gasteiger partial charge < -0.3 is 10.6 Å². The molecule has 2 aromatic heterocycles.